The van der Waals surface area contributed by atoms with Gasteiger partial charge in [-0.05, 0) is 219 Å². The van der Waals surface area contributed by atoms with Crippen molar-refractivity contribution in [2.75, 3.05) is 26.2 Å². The van der Waals surface area contributed by atoms with Crippen molar-refractivity contribution in [2.45, 2.75) is 62.1 Å². The molecule has 8 atom stereocenters. The minimum absolute atomic E-state index is 0.0260. The third-order valence-corrected chi connectivity index (χ3v) is 24.3. The van der Waals surface area contributed by atoms with Gasteiger partial charge in [0.15, 0.2) is 0 Å². The van der Waals surface area contributed by atoms with E-state index in [9.17, 15) is 9.59 Å². The quantitative estimate of drug-likeness (QED) is 0.0290. The van der Waals surface area contributed by atoms with Crippen LogP contribution in [0.4, 0.5) is 9.59 Å². The van der Waals surface area contributed by atoms with Crippen molar-refractivity contribution >= 4 is 79.6 Å². The van der Waals surface area contributed by atoms with Crippen molar-refractivity contribution in [3.63, 3.8) is 0 Å². The van der Waals surface area contributed by atoms with Gasteiger partial charge in [0.25, 0.3) is 10.5 Å². The first-order chi connectivity index (χ1) is 48.5. The first kappa shape index (κ1) is 67.8. The molecule has 0 radical (unpaired) electrons. The second-order valence-corrected chi connectivity index (χ2v) is 30.0. The van der Waals surface area contributed by atoms with Gasteiger partial charge in [0.2, 0.25) is 0 Å². The minimum Gasteiger partial charge on any atom is -0.457 e. The van der Waals surface area contributed by atoms with Crippen molar-refractivity contribution in [1.82, 2.24) is 19.8 Å². The average molecular weight is 1360 g/mol. The van der Waals surface area contributed by atoms with Gasteiger partial charge in [0, 0.05) is 58.5 Å². The molecule has 0 saturated carbocycles. The van der Waals surface area contributed by atoms with E-state index < -0.39 is 7.92 Å². The van der Waals surface area contributed by atoms with Gasteiger partial charge in [-0.3, -0.25) is 9.59 Å². The standard InChI is InChI=1S/C33H31N5O2S.C33H33N3O2S.C18H15P/c1-3-22(20-35-37-34)24-15-16-38-31(18-24)32(41-33(38)39)28-19-30(36-29-14-9-21(2)17-27(28)29)23-10-12-26(13-11-23)40-25-7-5-4-6-8-25;1-3-22(20-34)24-15-16-36-31(18-24)32(39-33(36)37)28-19-30(35-29-14-9-21(2)17-27(28)29)23-10-12-26(13-11-23)38-25-7-5-4-6-8-25;1-4-10-16(11-5-1)19(17-12-6-2-7-13-17)18-14-8-3-9-15-18/h3-14,17,19,22,24,31-32H,1,15-16,18,20H2,2H3;3-14,17,19,22,24,31-32H,1,15-16,18,20,34H2,2H3;1-15H/t2*22-,24-,31-,32-;/m00./s1. The van der Waals surface area contributed by atoms with E-state index >= 15 is 0 Å². The Morgan fingerprint density at radius 1 is 0.535 bits per heavy atom. The van der Waals surface area contributed by atoms with Gasteiger partial charge in [0.05, 0.1) is 32.9 Å². The number of thioether (sulfide) groups is 2. The molecule has 4 saturated heterocycles. The van der Waals surface area contributed by atoms with Crippen LogP contribution in [0.3, 0.4) is 0 Å². The molecular formula is C84H79N8O4PS2. The first-order valence-corrected chi connectivity index (χ1v) is 37.0. The van der Waals surface area contributed by atoms with E-state index in [4.69, 9.17) is 30.7 Å². The zero-order chi connectivity index (χ0) is 68.2. The molecule has 0 unspecified atom stereocenters. The number of hydrogen-bond acceptors (Lipinski definition) is 10. The first-order valence-electron chi connectivity index (χ1n) is 33.9. The number of piperidine rings is 2. The Bertz CT molecular complexity index is 4580. The van der Waals surface area contributed by atoms with Gasteiger partial charge in [-0.2, -0.15) is 0 Å². The van der Waals surface area contributed by atoms with Crippen LogP contribution < -0.4 is 31.1 Å². The maximum Gasteiger partial charge on any atom is 0.282 e. The number of hydrogen-bond donors (Lipinski definition) is 1. The largest absolute Gasteiger partial charge is 0.457 e. The number of azide groups is 1. The number of para-hydroxylation sites is 2. The summed E-state index contributed by atoms with van der Waals surface area (Å²) >= 11 is 2.89. The molecular weight excluding hydrogens is 1280 g/mol. The van der Waals surface area contributed by atoms with Gasteiger partial charge in [-0.15, -0.1) is 13.2 Å². The van der Waals surface area contributed by atoms with Crippen LogP contribution in [-0.2, 0) is 0 Å². The Balaban J connectivity index is 0.000000142. The average Bonchev–Trinajstić information content (AvgIpc) is 1.69. The molecule has 15 rings (SSSR count). The van der Waals surface area contributed by atoms with Crippen molar-refractivity contribution < 1.29 is 19.1 Å². The minimum atomic E-state index is -0.446. The summed E-state index contributed by atoms with van der Waals surface area (Å²) in [5, 5.41) is 10.5. The summed E-state index contributed by atoms with van der Waals surface area (Å²) in [6.45, 7) is 14.7. The van der Waals surface area contributed by atoms with Crippen molar-refractivity contribution in [3.8, 4) is 45.5 Å². The molecule has 9 aromatic carbocycles. The number of amides is 2. The van der Waals surface area contributed by atoms with E-state index in [0.29, 0.717) is 31.5 Å². The molecule has 11 aromatic rings. The summed E-state index contributed by atoms with van der Waals surface area (Å²) in [6.07, 6.45) is 7.54. The zero-order valence-corrected chi connectivity index (χ0v) is 58.1. The summed E-state index contributed by atoms with van der Waals surface area (Å²) in [6, 6.07) is 85.2. The second-order valence-electron chi connectivity index (χ2n) is 25.6. The van der Waals surface area contributed by atoms with Crippen LogP contribution in [0, 0.1) is 37.5 Å². The van der Waals surface area contributed by atoms with Gasteiger partial charge in [0.1, 0.15) is 23.0 Å². The van der Waals surface area contributed by atoms with Crippen molar-refractivity contribution in [1.29, 1.82) is 0 Å². The van der Waals surface area contributed by atoms with Gasteiger partial charge in [-0.1, -0.05) is 191 Å². The van der Waals surface area contributed by atoms with Crippen molar-refractivity contribution in [3.05, 3.63) is 307 Å². The predicted molar refractivity (Wildman–Crippen MR) is 410 cm³/mol. The zero-order valence-electron chi connectivity index (χ0n) is 55.6. The molecule has 12 nitrogen and oxygen atoms in total. The second kappa shape index (κ2) is 31.8. The van der Waals surface area contributed by atoms with E-state index in [2.05, 4.69) is 194 Å². The van der Waals surface area contributed by atoms with E-state index in [0.717, 1.165) is 111 Å². The van der Waals surface area contributed by atoms with Gasteiger partial charge < -0.3 is 25.0 Å². The fraction of sp³-hybridized carbons (Fsp3) is 0.214. The molecule has 0 bridgehead atoms. The summed E-state index contributed by atoms with van der Waals surface area (Å²) in [4.78, 5) is 43.6. The molecule has 0 spiro atoms. The van der Waals surface area contributed by atoms with E-state index in [1.807, 2.05) is 114 Å². The summed E-state index contributed by atoms with van der Waals surface area (Å²) < 4.78 is 12.0. The Morgan fingerprint density at radius 2 is 0.909 bits per heavy atom. The number of benzene rings is 9. The number of rotatable bonds is 18. The normalized spacial score (nSPS) is 19.1. The van der Waals surface area contributed by atoms with Crippen molar-refractivity contribution in [2.24, 2.45) is 34.5 Å². The number of aromatic nitrogens is 2. The van der Waals surface area contributed by atoms with Crippen LogP contribution in [0.5, 0.6) is 23.0 Å². The molecule has 496 valence electrons. The lowest BCUT2D eigenvalue weighted by molar-refractivity contribution is 0.135. The molecule has 6 heterocycles. The van der Waals surface area contributed by atoms with Crippen LogP contribution >= 0.6 is 31.4 Å². The molecule has 99 heavy (non-hydrogen) atoms. The highest BCUT2D eigenvalue weighted by molar-refractivity contribution is 8.14. The predicted octanol–water partition coefficient (Wildman–Crippen LogP) is 20.3. The Morgan fingerprint density at radius 3 is 1.28 bits per heavy atom. The summed E-state index contributed by atoms with van der Waals surface area (Å²) in [5.74, 6) is 4.24. The molecule has 4 fully saturated rings. The molecule has 15 heteroatoms. The van der Waals surface area contributed by atoms with E-state index in [-0.39, 0.29) is 44.9 Å². The molecule has 4 aliphatic rings. The van der Waals surface area contributed by atoms with E-state index in [1.54, 1.807) is 0 Å². The molecule has 0 aliphatic carbocycles. The van der Waals surface area contributed by atoms with Crippen LogP contribution in [0.25, 0.3) is 54.8 Å². The topological polar surface area (TPSA) is 160 Å². The number of pyridine rings is 2. The molecule has 2 aromatic heterocycles. The maximum atomic E-state index is 13.2. The van der Waals surface area contributed by atoms with Gasteiger partial charge >= 0.3 is 0 Å². The van der Waals surface area contributed by atoms with Crippen LogP contribution in [0.2, 0.25) is 0 Å². The third kappa shape index (κ3) is 15.7. The highest BCUT2D eigenvalue weighted by Gasteiger charge is 2.48. The van der Waals surface area contributed by atoms with Gasteiger partial charge in [-0.25, -0.2) is 9.97 Å². The SMILES string of the molecule is C=C[C@@H](CN)[C@H]1CCN2C(=O)S[C@@H](c3cc(-c4ccc(Oc5ccccc5)cc4)nc4ccc(C)cc34)[C@@H]2C1.C=C[C@@H](CN=[N+]=[N-])[C@H]1CCN2C(=O)S[C@@H](c3cc(-c4ccc(Oc5ccccc5)cc4)nc4ccc(C)cc34)[C@@H]2C1.c1ccc(P(c2ccccc2)c2ccccc2)cc1. The smallest absolute Gasteiger partial charge is 0.282 e. The number of carbonyl (C=O) groups is 2. The lowest BCUT2D eigenvalue weighted by Crippen LogP contribution is -2.44. The molecule has 4 aliphatic heterocycles. The summed E-state index contributed by atoms with van der Waals surface area (Å²) in [7, 11) is -0.446. The molecule has 2 amide bonds. The van der Waals surface area contributed by atoms with Crippen LogP contribution in [0.1, 0.15) is 58.4 Å². The number of nitrogens with zero attached hydrogens (tertiary/aromatic N) is 7. The highest BCUT2D eigenvalue weighted by Crippen LogP contribution is 2.53. The number of aryl methyl sites for hydroxylation is 2. The number of fused-ring (bicyclic) bond motifs is 4. The third-order valence-electron chi connectivity index (χ3n) is 19.3. The van der Waals surface area contributed by atoms with Crippen LogP contribution in [0.15, 0.2) is 279 Å². The Labute approximate surface area is 589 Å². The highest BCUT2D eigenvalue weighted by atomic mass is 32.2. The monoisotopic (exact) mass is 1360 g/mol. The lowest BCUT2D eigenvalue weighted by atomic mass is 9.79. The van der Waals surface area contributed by atoms with E-state index in [1.165, 1.54) is 50.6 Å². The fourth-order valence-corrected chi connectivity index (χ4v) is 19.2. The number of carbonyl (C=O) groups excluding carboxylic acids is 2. The number of nitrogens with two attached hydrogens (primary N) is 1. The Kier molecular flexibility index (Phi) is 21.8. The fourth-order valence-electron chi connectivity index (χ4n) is 14.2. The molecule has 2 N–H and O–H groups in total. The maximum absolute atomic E-state index is 13.2. The summed E-state index contributed by atoms with van der Waals surface area (Å²) in [5.41, 5.74) is 25.2. The Hall–Kier alpha value is -9.78. The van der Waals surface area contributed by atoms with Crippen LogP contribution in [-0.4, -0.2) is 68.5 Å². The lowest BCUT2D eigenvalue weighted by Gasteiger charge is -2.39. The number of ether oxygens (including phenoxy) is 2.